The predicted molar refractivity (Wildman–Crippen MR) is 77.5 cm³/mol. The first-order valence-corrected chi connectivity index (χ1v) is 6.87. The number of hydrogen-bond acceptors (Lipinski definition) is 3. The highest BCUT2D eigenvalue weighted by Crippen LogP contribution is 2.35. The fourth-order valence-electron chi connectivity index (χ4n) is 1.22. The third kappa shape index (κ3) is 4.48. The van der Waals surface area contributed by atoms with Crippen LogP contribution in [0.25, 0.3) is 0 Å². The minimum Gasteiger partial charge on any atom is -0.491 e. The minimum absolute atomic E-state index is 0.174. The van der Waals surface area contributed by atoms with E-state index in [1.807, 2.05) is 26.0 Å². The Labute approximate surface area is 119 Å². The number of ether oxygens (including phenoxy) is 2. The molecule has 0 unspecified atom stereocenters. The molecule has 0 aliphatic carbocycles. The molecule has 0 radical (unpaired) electrons. The zero-order chi connectivity index (χ0) is 13.1. The molecule has 5 heteroatoms. The largest absolute Gasteiger partial charge is 0.491 e. The molecule has 0 amide bonds. The van der Waals surface area contributed by atoms with Gasteiger partial charge in [0.15, 0.2) is 0 Å². The van der Waals surface area contributed by atoms with Crippen LogP contribution in [0.3, 0.4) is 0 Å². The Balaban J connectivity index is 2.64. The van der Waals surface area contributed by atoms with E-state index in [2.05, 4.69) is 31.9 Å². The standard InChI is InChI=1S/C12H17Br2NO2/c1-12(2,16-3)4-5-17-11-9(13)6-8(15)7-10(11)14/h6-7H,4-5,15H2,1-3H3. The highest BCUT2D eigenvalue weighted by Gasteiger charge is 2.17. The maximum atomic E-state index is 5.73. The molecular weight excluding hydrogens is 350 g/mol. The number of methoxy groups -OCH3 is 1. The van der Waals surface area contributed by atoms with E-state index in [9.17, 15) is 0 Å². The number of rotatable bonds is 5. The van der Waals surface area contributed by atoms with Crippen LogP contribution in [0.2, 0.25) is 0 Å². The molecule has 1 aromatic rings. The zero-order valence-electron chi connectivity index (χ0n) is 10.2. The molecule has 0 heterocycles. The molecule has 0 atom stereocenters. The third-order valence-electron chi connectivity index (χ3n) is 2.52. The van der Waals surface area contributed by atoms with Gasteiger partial charge >= 0.3 is 0 Å². The lowest BCUT2D eigenvalue weighted by Crippen LogP contribution is -2.25. The number of hydrogen-bond donors (Lipinski definition) is 1. The van der Waals surface area contributed by atoms with Gasteiger partial charge in [-0.3, -0.25) is 0 Å². The van der Waals surface area contributed by atoms with Gasteiger partial charge in [0, 0.05) is 19.2 Å². The summed E-state index contributed by atoms with van der Waals surface area (Å²) in [4.78, 5) is 0. The second kappa shape index (κ2) is 6.07. The normalized spacial score (nSPS) is 11.6. The van der Waals surface area contributed by atoms with Crippen molar-refractivity contribution >= 4 is 37.5 Å². The van der Waals surface area contributed by atoms with Crippen LogP contribution in [0, 0.1) is 0 Å². The van der Waals surface area contributed by atoms with E-state index in [1.54, 1.807) is 7.11 Å². The Morgan fingerprint density at radius 1 is 1.24 bits per heavy atom. The van der Waals surface area contributed by atoms with Gasteiger partial charge in [-0.15, -0.1) is 0 Å². The van der Waals surface area contributed by atoms with Crippen LogP contribution in [0.1, 0.15) is 20.3 Å². The lowest BCUT2D eigenvalue weighted by molar-refractivity contribution is 0.00533. The topological polar surface area (TPSA) is 44.5 Å². The van der Waals surface area contributed by atoms with Crippen LogP contribution in [0.5, 0.6) is 5.75 Å². The summed E-state index contributed by atoms with van der Waals surface area (Å²) in [6.07, 6.45) is 0.812. The quantitative estimate of drug-likeness (QED) is 0.801. The number of halogens is 2. The Morgan fingerprint density at radius 2 is 1.76 bits per heavy atom. The molecule has 2 N–H and O–H groups in total. The molecule has 0 aliphatic heterocycles. The maximum absolute atomic E-state index is 5.73. The predicted octanol–water partition coefficient (Wildman–Crippen LogP) is 3.99. The molecular formula is C12H17Br2NO2. The van der Waals surface area contributed by atoms with E-state index in [0.29, 0.717) is 12.3 Å². The van der Waals surface area contributed by atoms with Crippen molar-refractivity contribution in [2.75, 3.05) is 19.5 Å². The Hall–Kier alpha value is -0.260. The molecule has 0 aromatic heterocycles. The van der Waals surface area contributed by atoms with Crippen molar-refractivity contribution in [2.45, 2.75) is 25.9 Å². The van der Waals surface area contributed by atoms with E-state index in [1.165, 1.54) is 0 Å². The molecule has 96 valence electrons. The zero-order valence-corrected chi connectivity index (χ0v) is 13.4. The van der Waals surface area contributed by atoms with E-state index in [0.717, 1.165) is 21.1 Å². The number of anilines is 1. The van der Waals surface area contributed by atoms with Gasteiger partial charge in [0.25, 0.3) is 0 Å². The van der Waals surface area contributed by atoms with Crippen molar-refractivity contribution < 1.29 is 9.47 Å². The summed E-state index contributed by atoms with van der Waals surface area (Å²) in [5, 5.41) is 0. The summed E-state index contributed by atoms with van der Waals surface area (Å²) >= 11 is 6.86. The summed E-state index contributed by atoms with van der Waals surface area (Å²) in [6.45, 7) is 4.65. The number of benzene rings is 1. The Bertz CT molecular complexity index is 371. The van der Waals surface area contributed by atoms with E-state index < -0.39 is 0 Å². The van der Waals surface area contributed by atoms with Crippen LogP contribution in [0.4, 0.5) is 5.69 Å². The molecule has 1 aromatic carbocycles. The first-order chi connectivity index (χ1) is 7.85. The van der Waals surface area contributed by atoms with Crippen LogP contribution < -0.4 is 10.5 Å². The molecule has 0 bridgehead atoms. The van der Waals surface area contributed by atoms with Gasteiger partial charge in [0.1, 0.15) is 5.75 Å². The van der Waals surface area contributed by atoms with Crippen molar-refractivity contribution in [3.05, 3.63) is 21.1 Å². The third-order valence-corrected chi connectivity index (χ3v) is 3.70. The number of nitrogen functional groups attached to an aromatic ring is 1. The first-order valence-electron chi connectivity index (χ1n) is 5.28. The maximum Gasteiger partial charge on any atom is 0.147 e. The molecule has 3 nitrogen and oxygen atoms in total. The highest BCUT2D eigenvalue weighted by atomic mass is 79.9. The van der Waals surface area contributed by atoms with Crippen molar-refractivity contribution in [2.24, 2.45) is 0 Å². The number of nitrogens with two attached hydrogens (primary N) is 1. The highest BCUT2D eigenvalue weighted by molar-refractivity contribution is 9.11. The SMILES string of the molecule is COC(C)(C)CCOc1c(Br)cc(N)cc1Br. The summed E-state index contributed by atoms with van der Waals surface area (Å²) in [6, 6.07) is 3.64. The molecule has 0 saturated heterocycles. The second-order valence-corrected chi connectivity index (χ2v) is 6.08. The van der Waals surface area contributed by atoms with Gasteiger partial charge in [-0.2, -0.15) is 0 Å². The Morgan fingerprint density at radius 3 is 2.24 bits per heavy atom. The molecule has 0 fully saturated rings. The van der Waals surface area contributed by atoms with Gasteiger partial charge in [-0.25, -0.2) is 0 Å². The van der Waals surface area contributed by atoms with Crippen LogP contribution >= 0.6 is 31.9 Å². The van der Waals surface area contributed by atoms with E-state index in [4.69, 9.17) is 15.2 Å². The average molecular weight is 367 g/mol. The molecule has 17 heavy (non-hydrogen) atoms. The second-order valence-electron chi connectivity index (χ2n) is 4.38. The molecule has 0 spiro atoms. The van der Waals surface area contributed by atoms with Crippen LogP contribution in [-0.4, -0.2) is 19.3 Å². The Kier molecular flexibility index (Phi) is 5.28. The van der Waals surface area contributed by atoms with Crippen molar-refractivity contribution in [3.8, 4) is 5.75 Å². The average Bonchev–Trinajstić information content (AvgIpc) is 2.22. The molecule has 0 saturated carbocycles. The fraction of sp³-hybridized carbons (Fsp3) is 0.500. The van der Waals surface area contributed by atoms with Crippen molar-refractivity contribution in [3.63, 3.8) is 0 Å². The summed E-state index contributed by atoms with van der Waals surface area (Å²) in [7, 11) is 1.70. The van der Waals surface area contributed by atoms with E-state index in [-0.39, 0.29) is 5.60 Å². The first kappa shape index (κ1) is 14.8. The van der Waals surface area contributed by atoms with Gasteiger partial charge in [-0.05, 0) is 57.8 Å². The lowest BCUT2D eigenvalue weighted by Gasteiger charge is -2.23. The monoisotopic (exact) mass is 365 g/mol. The van der Waals surface area contributed by atoms with Gasteiger partial charge in [-0.1, -0.05) is 0 Å². The summed E-state index contributed by atoms with van der Waals surface area (Å²) < 4.78 is 12.8. The van der Waals surface area contributed by atoms with Gasteiger partial charge < -0.3 is 15.2 Å². The molecule has 0 aliphatic rings. The van der Waals surface area contributed by atoms with Gasteiger partial charge in [0.2, 0.25) is 0 Å². The van der Waals surface area contributed by atoms with Gasteiger partial charge in [0.05, 0.1) is 21.2 Å². The minimum atomic E-state index is -0.174. The summed E-state index contributed by atoms with van der Waals surface area (Å²) in [5.41, 5.74) is 6.23. The molecule has 1 rings (SSSR count). The van der Waals surface area contributed by atoms with E-state index >= 15 is 0 Å². The van der Waals surface area contributed by atoms with Crippen molar-refractivity contribution in [1.29, 1.82) is 0 Å². The fourth-order valence-corrected chi connectivity index (χ4v) is 2.67. The van der Waals surface area contributed by atoms with Crippen LogP contribution in [-0.2, 0) is 4.74 Å². The van der Waals surface area contributed by atoms with Crippen LogP contribution in [0.15, 0.2) is 21.1 Å². The van der Waals surface area contributed by atoms with Crippen molar-refractivity contribution in [1.82, 2.24) is 0 Å². The summed E-state index contributed by atoms with van der Waals surface area (Å²) in [5.74, 6) is 0.770. The smallest absolute Gasteiger partial charge is 0.147 e. The lowest BCUT2D eigenvalue weighted by atomic mass is 10.1.